The Morgan fingerprint density at radius 1 is 0.745 bits per heavy atom. The van der Waals surface area contributed by atoms with Crippen molar-refractivity contribution in [3.63, 3.8) is 0 Å². The minimum absolute atomic E-state index is 0.171. The molecule has 5 aromatic rings. The smallest absolute Gasteiger partial charge is 0.216 e. The van der Waals surface area contributed by atoms with Gasteiger partial charge in [-0.25, -0.2) is 9.98 Å². The lowest BCUT2D eigenvalue weighted by molar-refractivity contribution is 0.240. The van der Waals surface area contributed by atoms with Gasteiger partial charge in [0.1, 0.15) is 23.9 Å². The molecule has 4 aromatic carbocycles. The molecule has 47 heavy (non-hydrogen) atoms. The number of para-hydroxylation sites is 1. The number of fused-ring (bicyclic) bond motifs is 2. The van der Waals surface area contributed by atoms with Gasteiger partial charge < -0.3 is 9.47 Å². The number of nitrogens with zero attached hydrogens (tertiary/aromatic N) is 3. The minimum atomic E-state index is -0.171. The molecule has 3 heterocycles. The molecule has 236 valence electrons. The summed E-state index contributed by atoms with van der Waals surface area (Å²) in [4.78, 5) is 12.3. The summed E-state index contributed by atoms with van der Waals surface area (Å²) in [5.74, 6) is 3.81. The lowest BCUT2D eigenvalue weighted by Gasteiger charge is -2.41. The van der Waals surface area contributed by atoms with Crippen molar-refractivity contribution in [1.82, 2.24) is 4.98 Å². The molecule has 0 saturated heterocycles. The third-order valence-corrected chi connectivity index (χ3v) is 10.1. The largest absolute Gasteiger partial charge is 0.475 e. The Labute approximate surface area is 277 Å². The summed E-state index contributed by atoms with van der Waals surface area (Å²) in [7, 11) is 0. The molecule has 5 nitrogen and oxygen atoms in total. The molecule has 8 rings (SSSR count). The summed E-state index contributed by atoms with van der Waals surface area (Å²) in [6.45, 7) is 7.34. The summed E-state index contributed by atoms with van der Waals surface area (Å²) in [5, 5.41) is 0. The topological polar surface area (TPSA) is 47.0 Å². The Kier molecular flexibility index (Phi) is 7.55. The molecule has 0 bridgehead atoms. The van der Waals surface area contributed by atoms with Gasteiger partial charge >= 0.3 is 0 Å². The Balaban J connectivity index is 1.18. The zero-order chi connectivity index (χ0) is 32.0. The predicted octanol–water partition coefficient (Wildman–Crippen LogP) is 10.7. The van der Waals surface area contributed by atoms with Gasteiger partial charge in [-0.1, -0.05) is 87.7 Å². The maximum atomic E-state index is 6.76. The van der Waals surface area contributed by atoms with Gasteiger partial charge in [0.05, 0.1) is 17.4 Å². The first kappa shape index (κ1) is 29.5. The van der Waals surface area contributed by atoms with Crippen LogP contribution in [0.4, 0.5) is 17.2 Å². The van der Waals surface area contributed by atoms with Crippen molar-refractivity contribution >= 4 is 23.1 Å². The van der Waals surface area contributed by atoms with Gasteiger partial charge in [-0.2, -0.15) is 0 Å². The maximum absolute atomic E-state index is 6.76. The van der Waals surface area contributed by atoms with Crippen molar-refractivity contribution in [3.05, 3.63) is 132 Å². The van der Waals surface area contributed by atoms with Crippen LogP contribution in [0.5, 0.6) is 11.5 Å². The van der Waals surface area contributed by atoms with Crippen LogP contribution in [0.3, 0.4) is 0 Å². The Morgan fingerprint density at radius 3 is 2.34 bits per heavy atom. The van der Waals surface area contributed by atoms with Gasteiger partial charge in [-0.05, 0) is 90.4 Å². The molecule has 1 fully saturated rings. The molecular weight excluding hydrogens is 578 g/mol. The van der Waals surface area contributed by atoms with Crippen LogP contribution in [-0.2, 0) is 10.2 Å². The van der Waals surface area contributed by atoms with Gasteiger partial charge in [-0.3, -0.25) is 4.90 Å². The first-order chi connectivity index (χ1) is 22.9. The normalized spacial score (nSPS) is 18.6. The van der Waals surface area contributed by atoms with E-state index in [2.05, 4.69) is 117 Å². The number of aromatic nitrogens is 1. The van der Waals surface area contributed by atoms with E-state index in [-0.39, 0.29) is 11.5 Å². The molecule has 0 amide bonds. The third-order valence-electron chi connectivity index (χ3n) is 10.1. The van der Waals surface area contributed by atoms with Crippen LogP contribution in [0, 0.1) is 12.8 Å². The molecule has 1 atom stereocenters. The van der Waals surface area contributed by atoms with Gasteiger partial charge in [0.2, 0.25) is 5.90 Å². The number of anilines is 3. The SMILES string of the molecule is Cc1cc(Oc2cc(C3=N[C@H](C4CCCCC4)CO3)cc(-c3ccccc3)c2)cc(N2c3ccccc3C(C)(C)c3cccnc32)c1. The minimum Gasteiger partial charge on any atom is -0.475 e. The predicted molar refractivity (Wildman–Crippen MR) is 191 cm³/mol. The van der Waals surface area contributed by atoms with Crippen molar-refractivity contribution in [2.75, 3.05) is 11.5 Å². The molecule has 2 aliphatic heterocycles. The van der Waals surface area contributed by atoms with E-state index in [1.165, 1.54) is 43.2 Å². The Morgan fingerprint density at radius 2 is 1.49 bits per heavy atom. The van der Waals surface area contributed by atoms with Crippen LogP contribution >= 0.6 is 0 Å². The Bertz CT molecular complexity index is 1910. The average molecular weight is 620 g/mol. The number of hydrogen-bond donors (Lipinski definition) is 0. The molecule has 0 spiro atoms. The summed E-state index contributed by atoms with van der Waals surface area (Å²) >= 11 is 0. The van der Waals surface area contributed by atoms with Crippen molar-refractivity contribution in [3.8, 4) is 22.6 Å². The molecule has 3 aliphatic rings. The summed E-state index contributed by atoms with van der Waals surface area (Å²) in [6, 6.07) is 36.4. The van der Waals surface area contributed by atoms with Crippen molar-refractivity contribution in [2.45, 2.75) is 64.3 Å². The fraction of sp³-hybridized carbons (Fsp3) is 0.286. The summed E-state index contributed by atoms with van der Waals surface area (Å²) in [6.07, 6.45) is 8.32. The number of aliphatic imine (C=N–C) groups is 1. The lowest BCUT2D eigenvalue weighted by Crippen LogP contribution is -2.31. The van der Waals surface area contributed by atoms with Crippen LogP contribution in [0.2, 0.25) is 0 Å². The number of ether oxygens (including phenoxy) is 2. The monoisotopic (exact) mass is 619 g/mol. The fourth-order valence-corrected chi connectivity index (χ4v) is 7.72. The van der Waals surface area contributed by atoms with Gasteiger partial charge in [-0.15, -0.1) is 0 Å². The molecule has 1 aliphatic carbocycles. The van der Waals surface area contributed by atoms with E-state index in [0.717, 1.165) is 56.8 Å². The van der Waals surface area contributed by atoms with Crippen LogP contribution in [0.15, 0.2) is 114 Å². The van der Waals surface area contributed by atoms with Crippen LogP contribution in [0.25, 0.3) is 11.1 Å². The van der Waals surface area contributed by atoms with Crippen molar-refractivity contribution in [1.29, 1.82) is 0 Å². The molecule has 0 radical (unpaired) electrons. The van der Waals surface area contributed by atoms with E-state index in [0.29, 0.717) is 12.5 Å². The number of hydrogen-bond acceptors (Lipinski definition) is 5. The van der Waals surface area contributed by atoms with Crippen molar-refractivity contribution in [2.24, 2.45) is 10.9 Å². The van der Waals surface area contributed by atoms with E-state index in [4.69, 9.17) is 19.5 Å². The molecule has 1 saturated carbocycles. The molecular formula is C42H41N3O2. The quantitative estimate of drug-likeness (QED) is 0.190. The van der Waals surface area contributed by atoms with Gasteiger partial charge in [0, 0.05) is 28.8 Å². The highest BCUT2D eigenvalue weighted by Crippen LogP contribution is 2.51. The number of pyridine rings is 1. The third kappa shape index (κ3) is 5.58. The second kappa shape index (κ2) is 12.0. The standard InChI is InChI=1S/C42H41N3O2/c1-28-21-33(45-39-19-11-10-17-36(39)42(2,3)37-18-12-20-43-40(37)45)26-34(22-28)47-35-24-31(29-13-6-4-7-14-29)23-32(25-35)41-44-38(27-46-41)30-15-8-5-9-16-30/h4,6-7,10-14,17-26,30,38H,5,8-9,15-16,27H2,1-3H3/t38-/m0/s1. The molecule has 0 unspecified atom stereocenters. The van der Waals surface area contributed by atoms with Crippen molar-refractivity contribution < 1.29 is 9.47 Å². The number of rotatable bonds is 6. The van der Waals surface area contributed by atoms with Crippen LogP contribution in [-0.4, -0.2) is 23.5 Å². The van der Waals surface area contributed by atoms with E-state index >= 15 is 0 Å². The average Bonchev–Trinajstić information content (AvgIpc) is 3.60. The Hall–Kier alpha value is -4.90. The number of aryl methyl sites for hydroxylation is 1. The molecule has 5 heteroatoms. The number of benzene rings is 4. The highest BCUT2D eigenvalue weighted by atomic mass is 16.5. The van der Waals surface area contributed by atoms with E-state index < -0.39 is 0 Å². The second-order valence-electron chi connectivity index (χ2n) is 13.8. The zero-order valence-corrected chi connectivity index (χ0v) is 27.4. The fourth-order valence-electron chi connectivity index (χ4n) is 7.72. The summed E-state index contributed by atoms with van der Waals surface area (Å²) < 4.78 is 13.0. The first-order valence-corrected chi connectivity index (χ1v) is 17.0. The van der Waals surface area contributed by atoms with Crippen LogP contribution < -0.4 is 9.64 Å². The van der Waals surface area contributed by atoms with Gasteiger partial charge in [0.25, 0.3) is 0 Å². The van der Waals surface area contributed by atoms with E-state index in [1.807, 2.05) is 18.3 Å². The van der Waals surface area contributed by atoms with Gasteiger partial charge in [0.15, 0.2) is 0 Å². The second-order valence-corrected chi connectivity index (χ2v) is 13.8. The molecule has 0 N–H and O–H groups in total. The maximum Gasteiger partial charge on any atom is 0.216 e. The van der Waals surface area contributed by atoms with E-state index in [9.17, 15) is 0 Å². The molecule has 1 aromatic heterocycles. The lowest BCUT2D eigenvalue weighted by atomic mass is 9.74. The van der Waals surface area contributed by atoms with E-state index in [1.54, 1.807) is 0 Å². The van der Waals surface area contributed by atoms with Crippen LogP contribution in [0.1, 0.15) is 68.2 Å². The first-order valence-electron chi connectivity index (χ1n) is 17.0. The highest BCUT2D eigenvalue weighted by Gasteiger charge is 2.37. The zero-order valence-electron chi connectivity index (χ0n) is 27.4. The highest BCUT2D eigenvalue weighted by molar-refractivity contribution is 5.97. The summed E-state index contributed by atoms with van der Waals surface area (Å²) in [5.41, 5.74) is 8.72.